The third-order valence-corrected chi connectivity index (χ3v) is 5.97. The summed E-state index contributed by atoms with van der Waals surface area (Å²) in [5.74, 6) is 0.118. The Bertz CT molecular complexity index is 838. The van der Waals surface area contributed by atoms with Crippen LogP contribution < -0.4 is 10.6 Å². The summed E-state index contributed by atoms with van der Waals surface area (Å²) in [5.41, 5.74) is 0.875. The number of thioether (sulfide) groups is 1. The molecule has 0 bridgehead atoms. The fourth-order valence-electron chi connectivity index (χ4n) is 3.62. The van der Waals surface area contributed by atoms with Gasteiger partial charge in [0, 0.05) is 13.1 Å². The lowest BCUT2D eigenvalue weighted by Crippen LogP contribution is -2.53. The molecule has 0 aliphatic rings. The Labute approximate surface area is 215 Å². The summed E-state index contributed by atoms with van der Waals surface area (Å²) in [6.45, 7) is 13.9. The minimum atomic E-state index is -0.828. The van der Waals surface area contributed by atoms with Crippen molar-refractivity contribution in [3.05, 3.63) is 42.0 Å². The molecule has 1 aromatic rings. The summed E-state index contributed by atoms with van der Waals surface area (Å²) in [5, 5.41) is 5.74. The third-order valence-electron chi connectivity index (χ3n) is 5.33. The van der Waals surface area contributed by atoms with Gasteiger partial charge in [0.25, 0.3) is 0 Å². The van der Waals surface area contributed by atoms with Gasteiger partial charge in [-0.3, -0.25) is 9.59 Å². The van der Waals surface area contributed by atoms with Gasteiger partial charge in [0.2, 0.25) is 11.8 Å². The van der Waals surface area contributed by atoms with Crippen molar-refractivity contribution in [2.75, 3.05) is 25.1 Å². The van der Waals surface area contributed by atoms with Crippen LogP contribution in [0.1, 0.15) is 77.5 Å². The molecule has 3 amide bonds. The van der Waals surface area contributed by atoms with Gasteiger partial charge in [0.15, 0.2) is 0 Å². The zero-order valence-corrected chi connectivity index (χ0v) is 23.0. The first-order valence-electron chi connectivity index (χ1n) is 12.4. The van der Waals surface area contributed by atoms with Crippen molar-refractivity contribution < 1.29 is 19.1 Å². The number of nitrogens with one attached hydrogen (secondary N) is 2. The second kappa shape index (κ2) is 15.5. The first-order valence-corrected chi connectivity index (χ1v) is 13.8. The SMILES string of the molecule is C=Cc1cccc(C(C(=O)NCCCCC)N(CC)C(=O)C(CCSC)NC(=O)OC(C)(C)C)c1. The van der Waals surface area contributed by atoms with E-state index in [4.69, 9.17) is 4.74 Å². The Kier molecular flexibility index (Phi) is 13.5. The molecule has 1 aromatic carbocycles. The topological polar surface area (TPSA) is 87.7 Å². The summed E-state index contributed by atoms with van der Waals surface area (Å²) in [7, 11) is 0. The van der Waals surface area contributed by atoms with Gasteiger partial charge in [-0.05, 0) is 69.7 Å². The van der Waals surface area contributed by atoms with Crippen LogP contribution in [-0.4, -0.2) is 59.5 Å². The van der Waals surface area contributed by atoms with Crippen molar-refractivity contribution in [1.29, 1.82) is 0 Å². The zero-order valence-electron chi connectivity index (χ0n) is 22.2. The standard InChI is InChI=1S/C27H43N3O4S/c1-8-11-12-17-28-24(31)23(21-15-13-14-20(9-2)19-21)30(10-3)25(32)22(16-18-35-7)29-26(33)34-27(4,5)6/h9,13-15,19,22-23H,2,8,10-12,16-18H2,1,3-7H3,(H,28,31)(H,29,33). The number of likely N-dealkylation sites (N-methyl/N-ethyl adjacent to an activating group) is 1. The van der Waals surface area contributed by atoms with Gasteiger partial charge in [0.05, 0.1) is 0 Å². The molecule has 0 fully saturated rings. The lowest BCUT2D eigenvalue weighted by molar-refractivity contribution is -0.142. The van der Waals surface area contributed by atoms with Crippen molar-refractivity contribution >= 4 is 35.7 Å². The minimum absolute atomic E-state index is 0.238. The van der Waals surface area contributed by atoms with Crippen LogP contribution in [0.15, 0.2) is 30.8 Å². The molecule has 8 heteroatoms. The molecule has 2 unspecified atom stereocenters. The van der Waals surface area contributed by atoms with Crippen LogP contribution in [0.2, 0.25) is 0 Å². The van der Waals surface area contributed by atoms with Gasteiger partial charge >= 0.3 is 6.09 Å². The zero-order chi connectivity index (χ0) is 26.4. The second-order valence-electron chi connectivity index (χ2n) is 9.38. The lowest BCUT2D eigenvalue weighted by atomic mass is 10.00. The smallest absolute Gasteiger partial charge is 0.408 e. The van der Waals surface area contributed by atoms with Crippen molar-refractivity contribution in [1.82, 2.24) is 15.5 Å². The molecule has 0 aliphatic heterocycles. The number of nitrogens with zero attached hydrogens (tertiary/aromatic N) is 1. The van der Waals surface area contributed by atoms with Crippen LogP contribution in [0.4, 0.5) is 4.79 Å². The van der Waals surface area contributed by atoms with Crippen LogP contribution >= 0.6 is 11.8 Å². The second-order valence-corrected chi connectivity index (χ2v) is 10.4. The molecule has 196 valence electrons. The maximum absolute atomic E-state index is 13.8. The van der Waals surface area contributed by atoms with Crippen molar-refractivity contribution in [3.8, 4) is 0 Å². The number of amides is 3. The Morgan fingerprint density at radius 2 is 1.91 bits per heavy atom. The molecular weight excluding hydrogens is 462 g/mol. The van der Waals surface area contributed by atoms with Crippen LogP contribution in [0.3, 0.4) is 0 Å². The van der Waals surface area contributed by atoms with Crippen LogP contribution in [0, 0.1) is 0 Å². The highest BCUT2D eigenvalue weighted by Crippen LogP contribution is 2.24. The van der Waals surface area contributed by atoms with E-state index >= 15 is 0 Å². The lowest BCUT2D eigenvalue weighted by Gasteiger charge is -2.34. The molecule has 0 heterocycles. The summed E-state index contributed by atoms with van der Waals surface area (Å²) in [6.07, 6.45) is 6.37. The summed E-state index contributed by atoms with van der Waals surface area (Å²) in [4.78, 5) is 41.2. The molecule has 0 radical (unpaired) electrons. The number of alkyl carbamates (subject to hydrolysis) is 1. The number of carbonyl (C=O) groups excluding carboxylic acids is 3. The molecule has 2 atom stereocenters. The number of ether oxygens (including phenoxy) is 1. The number of unbranched alkanes of at least 4 members (excludes halogenated alkanes) is 2. The Morgan fingerprint density at radius 3 is 2.49 bits per heavy atom. The normalized spacial score (nSPS) is 12.9. The highest BCUT2D eigenvalue weighted by Gasteiger charge is 2.35. The molecular formula is C27H43N3O4S. The molecule has 35 heavy (non-hydrogen) atoms. The first-order chi connectivity index (χ1) is 16.6. The quantitative estimate of drug-likeness (QED) is 0.341. The molecule has 7 nitrogen and oxygen atoms in total. The molecule has 0 aromatic heterocycles. The monoisotopic (exact) mass is 505 g/mol. The van der Waals surface area contributed by atoms with E-state index < -0.39 is 23.8 Å². The highest BCUT2D eigenvalue weighted by atomic mass is 32.2. The number of hydrogen-bond donors (Lipinski definition) is 2. The van der Waals surface area contributed by atoms with Crippen LogP contribution in [-0.2, 0) is 14.3 Å². The van der Waals surface area contributed by atoms with Crippen LogP contribution in [0.5, 0.6) is 0 Å². The van der Waals surface area contributed by atoms with E-state index in [1.54, 1.807) is 43.5 Å². The maximum atomic E-state index is 13.8. The summed E-state index contributed by atoms with van der Waals surface area (Å²) < 4.78 is 5.39. The predicted molar refractivity (Wildman–Crippen MR) is 145 cm³/mol. The molecule has 0 saturated carbocycles. The van der Waals surface area contributed by atoms with E-state index in [0.717, 1.165) is 24.8 Å². The Hall–Kier alpha value is -2.48. The van der Waals surface area contributed by atoms with Gasteiger partial charge in [-0.15, -0.1) is 0 Å². The van der Waals surface area contributed by atoms with E-state index in [9.17, 15) is 14.4 Å². The van der Waals surface area contributed by atoms with Crippen molar-refractivity contribution in [2.45, 2.75) is 78.0 Å². The minimum Gasteiger partial charge on any atom is -0.444 e. The van der Waals surface area contributed by atoms with E-state index in [1.165, 1.54) is 0 Å². The molecule has 1 rings (SSSR count). The average molecular weight is 506 g/mol. The number of rotatable bonds is 14. The predicted octanol–water partition coefficient (Wildman–Crippen LogP) is 5.17. The molecule has 0 saturated heterocycles. The van der Waals surface area contributed by atoms with Gasteiger partial charge in [0.1, 0.15) is 17.7 Å². The van der Waals surface area contributed by atoms with Gasteiger partial charge < -0.3 is 20.3 Å². The van der Waals surface area contributed by atoms with E-state index in [-0.39, 0.29) is 11.8 Å². The third kappa shape index (κ3) is 10.8. The van der Waals surface area contributed by atoms with E-state index in [0.29, 0.717) is 30.8 Å². The first kappa shape index (κ1) is 30.6. The molecule has 0 aliphatic carbocycles. The molecule has 0 spiro atoms. The van der Waals surface area contributed by atoms with Gasteiger partial charge in [-0.25, -0.2) is 4.79 Å². The molecule has 2 N–H and O–H groups in total. The van der Waals surface area contributed by atoms with Crippen molar-refractivity contribution in [2.24, 2.45) is 0 Å². The number of carbonyl (C=O) groups is 3. The van der Waals surface area contributed by atoms with E-state index in [2.05, 4.69) is 24.1 Å². The fourth-order valence-corrected chi connectivity index (χ4v) is 4.09. The average Bonchev–Trinajstić information content (AvgIpc) is 2.81. The number of hydrogen-bond acceptors (Lipinski definition) is 5. The van der Waals surface area contributed by atoms with E-state index in [1.807, 2.05) is 37.4 Å². The maximum Gasteiger partial charge on any atom is 0.408 e. The Morgan fingerprint density at radius 1 is 1.20 bits per heavy atom. The Balaban J connectivity index is 3.30. The van der Waals surface area contributed by atoms with Gasteiger partial charge in [-0.1, -0.05) is 50.6 Å². The largest absolute Gasteiger partial charge is 0.444 e. The number of benzene rings is 1. The van der Waals surface area contributed by atoms with Crippen LogP contribution in [0.25, 0.3) is 6.08 Å². The van der Waals surface area contributed by atoms with Crippen molar-refractivity contribution in [3.63, 3.8) is 0 Å². The summed E-state index contributed by atoms with van der Waals surface area (Å²) in [6, 6.07) is 5.83. The fraction of sp³-hybridized carbons (Fsp3) is 0.593. The summed E-state index contributed by atoms with van der Waals surface area (Å²) >= 11 is 1.59. The highest BCUT2D eigenvalue weighted by molar-refractivity contribution is 7.98. The van der Waals surface area contributed by atoms with Gasteiger partial charge in [-0.2, -0.15) is 11.8 Å².